The van der Waals surface area contributed by atoms with Crippen LogP contribution in [0, 0.1) is 0 Å². The maximum atomic E-state index is 6.01. The summed E-state index contributed by atoms with van der Waals surface area (Å²) in [5.41, 5.74) is 0. The zero-order valence-electron chi connectivity index (χ0n) is 21.6. The molecule has 0 saturated carbocycles. The Kier molecular flexibility index (Phi) is 28.6. The first-order valence-electron chi connectivity index (χ1n) is 14.0. The fraction of sp³-hybridized carbons (Fsp3) is 1.00. The number of unbranched alkanes of at least 4 members (excludes halogenated alkanes) is 18. The minimum Gasteiger partial charge on any atom is -0.312 e. The van der Waals surface area contributed by atoms with Gasteiger partial charge in [-0.15, -0.1) is 0 Å². The summed E-state index contributed by atoms with van der Waals surface area (Å²) in [5, 5.41) is 0. The van der Waals surface area contributed by atoms with E-state index in [1.165, 1.54) is 116 Å². The van der Waals surface area contributed by atoms with Crippen molar-refractivity contribution in [1.82, 2.24) is 0 Å². The highest BCUT2D eigenvalue weighted by atomic mass is 31.2. The molecule has 0 N–H and O–H groups in total. The quantitative estimate of drug-likeness (QED) is 0.0901. The highest BCUT2D eigenvalue weighted by Crippen LogP contribution is 2.40. The first kappa shape index (κ1) is 31.3. The van der Waals surface area contributed by atoms with Crippen LogP contribution in [0.5, 0.6) is 0 Å². The Morgan fingerprint density at radius 1 is 0.323 bits per heavy atom. The van der Waals surface area contributed by atoms with Gasteiger partial charge in [0.2, 0.25) is 0 Å². The molecule has 0 aliphatic heterocycles. The summed E-state index contributed by atoms with van der Waals surface area (Å²) in [4.78, 5) is 0. The molecule has 4 heteroatoms. The molecule has 0 aromatic rings. The van der Waals surface area contributed by atoms with Gasteiger partial charge >= 0.3 is 8.60 Å². The predicted molar refractivity (Wildman–Crippen MR) is 139 cm³/mol. The van der Waals surface area contributed by atoms with Crippen molar-refractivity contribution in [2.75, 3.05) is 19.8 Å². The molecule has 0 aliphatic rings. The van der Waals surface area contributed by atoms with E-state index in [0.717, 1.165) is 39.1 Å². The van der Waals surface area contributed by atoms with Gasteiger partial charge in [0.1, 0.15) is 0 Å². The second-order valence-corrected chi connectivity index (χ2v) is 10.3. The van der Waals surface area contributed by atoms with Crippen LogP contribution in [0.2, 0.25) is 0 Å². The van der Waals surface area contributed by atoms with Gasteiger partial charge in [-0.1, -0.05) is 136 Å². The summed E-state index contributed by atoms with van der Waals surface area (Å²) in [5.74, 6) is 0. The molecule has 0 aromatic carbocycles. The Balaban J connectivity index is 3.82. The molecule has 0 saturated heterocycles. The van der Waals surface area contributed by atoms with Crippen LogP contribution in [0.4, 0.5) is 0 Å². The van der Waals surface area contributed by atoms with Crippen molar-refractivity contribution in [2.45, 2.75) is 156 Å². The van der Waals surface area contributed by atoms with Crippen LogP contribution in [0.3, 0.4) is 0 Å². The van der Waals surface area contributed by atoms with Gasteiger partial charge < -0.3 is 13.6 Å². The van der Waals surface area contributed by atoms with Crippen LogP contribution in [0.1, 0.15) is 156 Å². The Bertz CT molecular complexity index is 267. The Morgan fingerprint density at radius 3 is 0.806 bits per heavy atom. The van der Waals surface area contributed by atoms with Gasteiger partial charge in [-0.2, -0.15) is 0 Å². The van der Waals surface area contributed by atoms with E-state index >= 15 is 0 Å². The minimum absolute atomic E-state index is 0.785. The molecular formula is C27H57O3P. The fourth-order valence-corrected chi connectivity index (χ4v) is 4.76. The van der Waals surface area contributed by atoms with Crippen LogP contribution in [-0.4, -0.2) is 19.8 Å². The molecule has 188 valence electrons. The zero-order chi connectivity index (χ0) is 22.7. The number of hydrogen-bond acceptors (Lipinski definition) is 3. The van der Waals surface area contributed by atoms with Gasteiger partial charge in [-0.25, -0.2) is 0 Å². The van der Waals surface area contributed by atoms with Gasteiger partial charge in [0.25, 0.3) is 0 Å². The highest BCUT2D eigenvalue weighted by molar-refractivity contribution is 7.41. The lowest BCUT2D eigenvalue weighted by Crippen LogP contribution is -2.00. The molecule has 0 fully saturated rings. The molecule has 0 heterocycles. The van der Waals surface area contributed by atoms with E-state index in [4.69, 9.17) is 13.6 Å². The molecule has 0 bridgehead atoms. The minimum atomic E-state index is -1.15. The topological polar surface area (TPSA) is 27.7 Å². The first-order valence-corrected chi connectivity index (χ1v) is 15.1. The van der Waals surface area contributed by atoms with Crippen molar-refractivity contribution in [3.05, 3.63) is 0 Å². The maximum Gasteiger partial charge on any atom is 0.332 e. The lowest BCUT2D eigenvalue weighted by Gasteiger charge is -2.17. The van der Waals surface area contributed by atoms with Gasteiger partial charge in [0, 0.05) is 0 Å². The van der Waals surface area contributed by atoms with Crippen LogP contribution in [-0.2, 0) is 13.6 Å². The van der Waals surface area contributed by atoms with Crippen LogP contribution < -0.4 is 0 Å². The zero-order valence-corrected chi connectivity index (χ0v) is 22.5. The monoisotopic (exact) mass is 460 g/mol. The lowest BCUT2D eigenvalue weighted by atomic mass is 10.1. The Hall–Kier alpha value is 0.310. The fourth-order valence-electron chi connectivity index (χ4n) is 3.71. The van der Waals surface area contributed by atoms with Crippen molar-refractivity contribution >= 4 is 8.60 Å². The SMILES string of the molecule is CCCCCCCCCOP(OCCCCCCCCC)OCCCCCCCCC. The molecule has 0 amide bonds. The van der Waals surface area contributed by atoms with E-state index in [-0.39, 0.29) is 0 Å². The lowest BCUT2D eigenvalue weighted by molar-refractivity contribution is 0.153. The Morgan fingerprint density at radius 2 is 0.548 bits per heavy atom. The highest BCUT2D eigenvalue weighted by Gasteiger charge is 2.12. The van der Waals surface area contributed by atoms with Gasteiger partial charge in [-0.3, -0.25) is 0 Å². The van der Waals surface area contributed by atoms with Crippen molar-refractivity contribution in [1.29, 1.82) is 0 Å². The largest absolute Gasteiger partial charge is 0.332 e. The molecule has 0 radical (unpaired) electrons. The van der Waals surface area contributed by atoms with E-state index in [9.17, 15) is 0 Å². The van der Waals surface area contributed by atoms with Crippen LogP contribution >= 0.6 is 8.60 Å². The summed E-state index contributed by atoms with van der Waals surface area (Å²) in [6, 6.07) is 0. The normalized spacial score (nSPS) is 11.6. The first-order chi connectivity index (χ1) is 15.3. The summed E-state index contributed by atoms with van der Waals surface area (Å²) in [7, 11) is -1.15. The van der Waals surface area contributed by atoms with Gasteiger partial charge in [0.15, 0.2) is 0 Å². The van der Waals surface area contributed by atoms with Crippen LogP contribution in [0.15, 0.2) is 0 Å². The smallest absolute Gasteiger partial charge is 0.312 e. The summed E-state index contributed by atoms with van der Waals surface area (Å²) >= 11 is 0. The van der Waals surface area contributed by atoms with Crippen molar-refractivity contribution in [3.8, 4) is 0 Å². The van der Waals surface area contributed by atoms with E-state index in [0.29, 0.717) is 0 Å². The molecular weight excluding hydrogens is 403 g/mol. The second-order valence-electron chi connectivity index (χ2n) is 9.09. The molecule has 0 spiro atoms. The molecule has 0 aliphatic carbocycles. The van der Waals surface area contributed by atoms with Gasteiger partial charge in [-0.05, 0) is 19.3 Å². The molecule has 3 nitrogen and oxygen atoms in total. The summed E-state index contributed by atoms with van der Waals surface area (Å²) in [6.07, 6.45) is 27.5. The molecule has 0 unspecified atom stereocenters. The molecule has 0 aromatic heterocycles. The Labute approximate surface area is 197 Å². The predicted octanol–water partition coefficient (Wildman–Crippen LogP) is 10.5. The summed E-state index contributed by atoms with van der Waals surface area (Å²) in [6.45, 7) is 9.17. The van der Waals surface area contributed by atoms with E-state index in [2.05, 4.69) is 20.8 Å². The van der Waals surface area contributed by atoms with E-state index < -0.39 is 8.60 Å². The second kappa shape index (κ2) is 28.3. The van der Waals surface area contributed by atoms with Crippen molar-refractivity contribution in [2.24, 2.45) is 0 Å². The number of hydrogen-bond donors (Lipinski definition) is 0. The third-order valence-electron chi connectivity index (χ3n) is 5.83. The van der Waals surface area contributed by atoms with E-state index in [1.807, 2.05) is 0 Å². The number of rotatable bonds is 27. The third kappa shape index (κ3) is 26.4. The molecule has 0 atom stereocenters. The third-order valence-corrected chi connectivity index (χ3v) is 7.01. The van der Waals surface area contributed by atoms with Crippen LogP contribution in [0.25, 0.3) is 0 Å². The molecule has 31 heavy (non-hydrogen) atoms. The maximum absolute atomic E-state index is 6.01. The average molecular weight is 461 g/mol. The van der Waals surface area contributed by atoms with Crippen molar-refractivity contribution < 1.29 is 13.6 Å². The molecule has 0 rings (SSSR count). The van der Waals surface area contributed by atoms with Crippen molar-refractivity contribution in [3.63, 3.8) is 0 Å². The summed E-state index contributed by atoms with van der Waals surface area (Å²) < 4.78 is 18.0. The van der Waals surface area contributed by atoms with E-state index in [1.54, 1.807) is 0 Å². The average Bonchev–Trinajstić information content (AvgIpc) is 2.78. The van der Waals surface area contributed by atoms with Gasteiger partial charge in [0.05, 0.1) is 19.8 Å². The standard InChI is InChI=1S/C27H57O3P/c1-4-7-10-13-16-19-22-25-28-31(29-26-23-20-17-14-11-8-5-2)30-27-24-21-18-15-12-9-6-3/h4-27H2,1-3H3.